The molecule has 0 aromatic heterocycles. The summed E-state index contributed by atoms with van der Waals surface area (Å²) in [5.74, 6) is -3.40. The number of rotatable bonds is 0. The number of hydrogen-bond acceptors (Lipinski definition) is 5. The first-order chi connectivity index (χ1) is 6.00. The lowest BCUT2D eigenvalue weighted by atomic mass is 10.1. The van der Waals surface area contributed by atoms with Crippen molar-refractivity contribution in [2.75, 3.05) is 0 Å². The predicted molar refractivity (Wildman–Crippen MR) is 42.8 cm³/mol. The van der Waals surface area contributed by atoms with Gasteiger partial charge in [0.25, 0.3) is 0 Å². The lowest BCUT2D eigenvalue weighted by Crippen LogP contribution is -1.82. The Hall–Kier alpha value is -1.80. The van der Waals surface area contributed by atoms with Gasteiger partial charge in [-0.25, -0.2) is 0 Å². The van der Waals surface area contributed by atoms with Crippen molar-refractivity contribution in [2.45, 2.75) is 0 Å². The predicted octanol–water partition coefficient (Wildman–Crippen LogP) is 1.03. The van der Waals surface area contributed by atoms with Gasteiger partial charge >= 0.3 is 0 Å². The minimum Gasteiger partial charge on any atom is -0.503 e. The van der Waals surface area contributed by atoms with Crippen LogP contribution in [0.1, 0.15) is 5.56 Å². The molecule has 4 N–H and O–H groups in total. The van der Waals surface area contributed by atoms with Crippen molar-refractivity contribution >= 4 is 11.6 Å². The molecule has 1 rings (SSSR count). The van der Waals surface area contributed by atoms with Crippen LogP contribution >= 0.6 is 11.6 Å². The van der Waals surface area contributed by atoms with Crippen LogP contribution in [0.25, 0.3) is 0 Å². The number of phenolic OH excluding ortho intramolecular Hbond substituents is 4. The third kappa shape index (κ3) is 1.17. The molecule has 0 spiro atoms. The molecule has 0 heterocycles. The van der Waals surface area contributed by atoms with Crippen molar-refractivity contribution in [3.63, 3.8) is 0 Å². The van der Waals surface area contributed by atoms with E-state index >= 15 is 0 Å². The molecule has 0 aliphatic rings. The molecule has 0 atom stereocenters. The molecule has 0 saturated carbocycles. The second-order valence-corrected chi connectivity index (χ2v) is 2.57. The summed E-state index contributed by atoms with van der Waals surface area (Å²) >= 11 is 5.29. The van der Waals surface area contributed by atoms with E-state index in [2.05, 4.69) is 0 Å². The summed E-state index contributed by atoms with van der Waals surface area (Å²) in [6.07, 6.45) is 0. The molecule has 5 nitrogen and oxygen atoms in total. The number of nitriles is 1. The second-order valence-electron chi connectivity index (χ2n) is 2.20. The molecule has 1 aromatic carbocycles. The summed E-state index contributed by atoms with van der Waals surface area (Å²) < 4.78 is 0. The Labute approximate surface area is 77.7 Å². The Bertz CT molecular complexity index is 381. The molecule has 0 amide bonds. The monoisotopic (exact) mass is 201 g/mol. The van der Waals surface area contributed by atoms with Crippen molar-refractivity contribution < 1.29 is 20.4 Å². The Morgan fingerprint density at radius 3 is 1.62 bits per heavy atom. The van der Waals surface area contributed by atoms with Crippen LogP contribution in [-0.2, 0) is 0 Å². The Morgan fingerprint density at radius 2 is 1.31 bits per heavy atom. The fraction of sp³-hybridized carbons (Fsp3) is 0. The minimum atomic E-state index is -0.859. The highest BCUT2D eigenvalue weighted by molar-refractivity contribution is 6.34. The van der Waals surface area contributed by atoms with E-state index < -0.39 is 33.6 Å². The van der Waals surface area contributed by atoms with Gasteiger partial charge in [-0.3, -0.25) is 0 Å². The Balaban J connectivity index is 3.69. The van der Waals surface area contributed by atoms with E-state index in [9.17, 15) is 0 Å². The molecule has 0 unspecified atom stereocenters. The van der Waals surface area contributed by atoms with Gasteiger partial charge in [0.05, 0.1) is 0 Å². The lowest BCUT2D eigenvalue weighted by Gasteiger charge is -2.06. The van der Waals surface area contributed by atoms with Crippen molar-refractivity contribution in [1.29, 1.82) is 5.26 Å². The van der Waals surface area contributed by atoms with E-state index in [-0.39, 0.29) is 0 Å². The lowest BCUT2D eigenvalue weighted by molar-refractivity contribution is 0.371. The van der Waals surface area contributed by atoms with Crippen LogP contribution in [0.5, 0.6) is 23.0 Å². The average molecular weight is 202 g/mol. The first kappa shape index (κ1) is 9.29. The van der Waals surface area contributed by atoms with E-state index in [0.29, 0.717) is 0 Å². The summed E-state index contributed by atoms with van der Waals surface area (Å²) in [4.78, 5) is 0. The van der Waals surface area contributed by atoms with Gasteiger partial charge < -0.3 is 20.4 Å². The molecule has 13 heavy (non-hydrogen) atoms. The van der Waals surface area contributed by atoms with Crippen molar-refractivity contribution in [3.05, 3.63) is 10.6 Å². The van der Waals surface area contributed by atoms with Gasteiger partial charge in [-0.1, -0.05) is 11.6 Å². The molecule has 1 aromatic rings. The van der Waals surface area contributed by atoms with E-state index in [4.69, 9.17) is 37.3 Å². The van der Waals surface area contributed by atoms with Crippen LogP contribution in [0, 0.1) is 11.3 Å². The molecule has 0 fully saturated rings. The summed E-state index contributed by atoms with van der Waals surface area (Å²) in [7, 11) is 0. The molecule has 0 aliphatic heterocycles. The van der Waals surface area contributed by atoms with Crippen LogP contribution in [0.3, 0.4) is 0 Å². The maximum atomic E-state index is 9.06. The topological polar surface area (TPSA) is 105 Å². The van der Waals surface area contributed by atoms with E-state index in [0.717, 1.165) is 0 Å². The van der Waals surface area contributed by atoms with Gasteiger partial charge in [-0.15, -0.1) is 0 Å². The molecule has 68 valence electrons. The summed E-state index contributed by atoms with van der Waals surface area (Å²) in [6.45, 7) is 0. The minimum absolute atomic E-state index is 0.603. The third-order valence-corrected chi connectivity index (χ3v) is 1.81. The highest BCUT2D eigenvalue weighted by atomic mass is 35.5. The van der Waals surface area contributed by atoms with E-state index in [1.807, 2.05) is 0 Å². The van der Waals surface area contributed by atoms with Crippen molar-refractivity contribution in [1.82, 2.24) is 0 Å². The van der Waals surface area contributed by atoms with Crippen LogP contribution in [-0.4, -0.2) is 20.4 Å². The average Bonchev–Trinajstić information content (AvgIpc) is 2.13. The van der Waals surface area contributed by atoms with E-state index in [1.165, 1.54) is 6.07 Å². The molecular weight excluding hydrogens is 198 g/mol. The fourth-order valence-corrected chi connectivity index (χ4v) is 0.954. The maximum absolute atomic E-state index is 9.06. The molecule has 6 heteroatoms. The van der Waals surface area contributed by atoms with Crippen LogP contribution in [0.4, 0.5) is 0 Å². The zero-order valence-corrected chi connectivity index (χ0v) is 6.87. The highest BCUT2D eigenvalue weighted by Crippen LogP contribution is 2.48. The first-order valence-corrected chi connectivity index (χ1v) is 3.43. The number of benzene rings is 1. The molecule has 0 aliphatic carbocycles. The smallest absolute Gasteiger partial charge is 0.182 e. The summed E-state index contributed by atoms with van der Waals surface area (Å²) in [5.41, 5.74) is -0.626. The zero-order valence-electron chi connectivity index (χ0n) is 6.11. The zero-order chi connectivity index (χ0) is 10.2. The molecule has 0 radical (unpaired) electrons. The van der Waals surface area contributed by atoms with Crippen LogP contribution in [0.2, 0.25) is 5.02 Å². The van der Waals surface area contributed by atoms with Gasteiger partial charge in [0.2, 0.25) is 0 Å². The van der Waals surface area contributed by atoms with Gasteiger partial charge in [-0.2, -0.15) is 5.26 Å². The Kier molecular flexibility index (Phi) is 2.09. The molecule has 0 bridgehead atoms. The fourth-order valence-electron chi connectivity index (χ4n) is 0.775. The standard InChI is InChI=1S/C7H4ClNO4/c8-3-6(12)4(10)2(1-9)5(11)7(3)13/h10-13H. The number of nitrogens with zero attached hydrogens (tertiary/aromatic N) is 1. The van der Waals surface area contributed by atoms with E-state index in [1.54, 1.807) is 0 Å². The quantitative estimate of drug-likeness (QED) is 0.371. The first-order valence-electron chi connectivity index (χ1n) is 3.06. The number of halogens is 1. The third-order valence-electron chi connectivity index (χ3n) is 1.45. The number of hydrogen-bond donors (Lipinski definition) is 4. The largest absolute Gasteiger partial charge is 0.503 e. The Morgan fingerprint density at radius 1 is 0.923 bits per heavy atom. The second kappa shape index (κ2) is 2.92. The summed E-state index contributed by atoms with van der Waals surface area (Å²) in [6, 6.07) is 1.39. The highest BCUT2D eigenvalue weighted by Gasteiger charge is 2.21. The van der Waals surface area contributed by atoms with Crippen LogP contribution < -0.4 is 0 Å². The SMILES string of the molecule is N#Cc1c(O)c(O)c(Cl)c(O)c1O. The van der Waals surface area contributed by atoms with Crippen LogP contribution in [0.15, 0.2) is 0 Å². The van der Waals surface area contributed by atoms with Gasteiger partial charge in [0.15, 0.2) is 23.0 Å². The van der Waals surface area contributed by atoms with Crippen molar-refractivity contribution in [3.8, 4) is 29.1 Å². The summed E-state index contributed by atoms with van der Waals surface area (Å²) in [5, 5.41) is 44.0. The normalized spacial score (nSPS) is 9.54. The van der Waals surface area contributed by atoms with Gasteiger partial charge in [0.1, 0.15) is 16.7 Å². The van der Waals surface area contributed by atoms with Crippen molar-refractivity contribution in [2.24, 2.45) is 0 Å². The maximum Gasteiger partial charge on any atom is 0.182 e. The van der Waals surface area contributed by atoms with Gasteiger partial charge in [0, 0.05) is 0 Å². The molecule has 0 saturated heterocycles. The molecular formula is C7H4ClNO4. The number of aromatic hydroxyl groups is 4. The van der Waals surface area contributed by atoms with Gasteiger partial charge in [-0.05, 0) is 0 Å². The number of phenols is 4.